The van der Waals surface area contributed by atoms with Crippen molar-refractivity contribution < 1.29 is 4.92 Å². The Labute approximate surface area is 106 Å². The zero-order valence-corrected chi connectivity index (χ0v) is 10.8. The van der Waals surface area contributed by atoms with Crippen LogP contribution in [0.1, 0.15) is 25.8 Å². The van der Waals surface area contributed by atoms with Gasteiger partial charge in [0, 0.05) is 24.3 Å². The lowest BCUT2D eigenvalue weighted by atomic mass is 10.2. The van der Waals surface area contributed by atoms with Crippen LogP contribution in [0.2, 0.25) is 0 Å². The Morgan fingerprint density at radius 3 is 2.78 bits per heavy atom. The topological polar surface area (TPSA) is 83.1 Å². The van der Waals surface area contributed by atoms with Crippen LogP contribution in [0.4, 0.5) is 11.5 Å². The Bertz CT molecular complexity index is 479. The van der Waals surface area contributed by atoms with E-state index >= 15 is 0 Å². The summed E-state index contributed by atoms with van der Waals surface area (Å²) in [6, 6.07) is 3.67. The molecule has 0 unspecified atom stereocenters. The van der Waals surface area contributed by atoms with Crippen molar-refractivity contribution in [3.63, 3.8) is 0 Å². The van der Waals surface area contributed by atoms with Crippen molar-refractivity contribution in [3.8, 4) is 6.07 Å². The number of nitro groups is 1. The molecule has 0 aliphatic rings. The minimum atomic E-state index is -0.413. The minimum Gasteiger partial charge on any atom is -0.353 e. The lowest BCUT2D eigenvalue weighted by molar-refractivity contribution is -0.385. The maximum absolute atomic E-state index is 10.9. The molecule has 0 saturated carbocycles. The van der Waals surface area contributed by atoms with E-state index in [1.165, 1.54) is 12.3 Å². The van der Waals surface area contributed by atoms with Crippen LogP contribution in [0.15, 0.2) is 12.3 Å². The normalized spacial score (nSPS) is 10.2. The molecule has 1 aromatic rings. The number of hydrogen-bond donors (Lipinski definition) is 0. The van der Waals surface area contributed by atoms with Crippen molar-refractivity contribution in [1.82, 2.24) is 4.98 Å². The van der Waals surface area contributed by atoms with Gasteiger partial charge in [0.1, 0.15) is 5.82 Å². The van der Waals surface area contributed by atoms with E-state index in [4.69, 9.17) is 5.26 Å². The summed E-state index contributed by atoms with van der Waals surface area (Å²) in [6.07, 6.45) is 1.86. The van der Waals surface area contributed by atoms with Gasteiger partial charge in [-0.3, -0.25) is 10.1 Å². The van der Waals surface area contributed by atoms with E-state index < -0.39 is 4.92 Å². The zero-order chi connectivity index (χ0) is 13.7. The van der Waals surface area contributed by atoms with E-state index in [1.807, 2.05) is 18.7 Å². The van der Waals surface area contributed by atoms with Gasteiger partial charge in [-0.05, 0) is 20.8 Å². The summed E-state index contributed by atoms with van der Waals surface area (Å²) in [7, 11) is 0. The van der Waals surface area contributed by atoms with Gasteiger partial charge in [0.2, 0.25) is 0 Å². The molecule has 6 heteroatoms. The van der Waals surface area contributed by atoms with E-state index in [9.17, 15) is 10.1 Å². The highest BCUT2D eigenvalue weighted by molar-refractivity contribution is 5.51. The monoisotopic (exact) mass is 248 g/mol. The molecule has 0 atom stereocenters. The van der Waals surface area contributed by atoms with Crippen molar-refractivity contribution in [2.24, 2.45) is 0 Å². The molecule has 0 aliphatic heterocycles. The summed E-state index contributed by atoms with van der Waals surface area (Å²) >= 11 is 0. The molecule has 0 N–H and O–H groups in total. The second-order valence-corrected chi connectivity index (χ2v) is 4.28. The molecule has 6 nitrogen and oxygen atoms in total. The fourth-order valence-corrected chi connectivity index (χ4v) is 1.66. The van der Waals surface area contributed by atoms with E-state index in [-0.39, 0.29) is 11.7 Å². The van der Waals surface area contributed by atoms with Crippen LogP contribution in [-0.4, -0.2) is 22.5 Å². The molecule has 0 spiro atoms. The van der Waals surface area contributed by atoms with Crippen LogP contribution >= 0.6 is 0 Å². The second kappa shape index (κ2) is 5.96. The highest BCUT2D eigenvalue weighted by Crippen LogP contribution is 2.23. The fraction of sp³-hybridized carbons (Fsp3) is 0.500. The van der Waals surface area contributed by atoms with Gasteiger partial charge in [0.05, 0.1) is 23.5 Å². The van der Waals surface area contributed by atoms with Gasteiger partial charge in [0.15, 0.2) is 0 Å². The number of anilines is 1. The quantitative estimate of drug-likeness (QED) is 0.590. The van der Waals surface area contributed by atoms with Crippen molar-refractivity contribution in [2.75, 3.05) is 11.4 Å². The molecule has 0 fully saturated rings. The number of aryl methyl sites for hydroxylation is 1. The average molecular weight is 248 g/mol. The van der Waals surface area contributed by atoms with Crippen molar-refractivity contribution in [3.05, 3.63) is 27.9 Å². The standard InChI is InChI=1S/C12H16N4O2/c1-9(2)15(6-4-5-13)12-7-11(16(17)18)10(3)8-14-12/h7-9H,4,6H2,1-3H3. The number of pyridine rings is 1. The lowest BCUT2D eigenvalue weighted by Gasteiger charge is -2.26. The van der Waals surface area contributed by atoms with Crippen LogP contribution in [0.25, 0.3) is 0 Å². The van der Waals surface area contributed by atoms with Crippen LogP contribution < -0.4 is 4.90 Å². The first-order chi connectivity index (χ1) is 8.47. The Morgan fingerprint density at radius 1 is 1.61 bits per heavy atom. The maximum atomic E-state index is 10.9. The van der Waals surface area contributed by atoms with Gasteiger partial charge in [-0.1, -0.05) is 0 Å². The van der Waals surface area contributed by atoms with Gasteiger partial charge in [-0.15, -0.1) is 0 Å². The van der Waals surface area contributed by atoms with Gasteiger partial charge in [-0.2, -0.15) is 5.26 Å². The van der Waals surface area contributed by atoms with Gasteiger partial charge >= 0.3 is 0 Å². The summed E-state index contributed by atoms with van der Waals surface area (Å²) in [5, 5.41) is 19.5. The van der Waals surface area contributed by atoms with E-state index in [0.717, 1.165) is 0 Å². The molecule has 0 aliphatic carbocycles. The molecular weight excluding hydrogens is 232 g/mol. The summed E-state index contributed by atoms with van der Waals surface area (Å²) in [5.41, 5.74) is 0.593. The fourth-order valence-electron chi connectivity index (χ4n) is 1.66. The number of hydrogen-bond acceptors (Lipinski definition) is 5. The molecule has 0 aromatic carbocycles. The first-order valence-electron chi connectivity index (χ1n) is 5.72. The van der Waals surface area contributed by atoms with Gasteiger partial charge in [-0.25, -0.2) is 4.98 Å². The lowest BCUT2D eigenvalue weighted by Crippen LogP contribution is -2.32. The molecule has 0 saturated heterocycles. The van der Waals surface area contributed by atoms with Crippen molar-refractivity contribution in [2.45, 2.75) is 33.2 Å². The third-order valence-corrected chi connectivity index (χ3v) is 2.64. The number of rotatable bonds is 5. The highest BCUT2D eigenvalue weighted by Gasteiger charge is 2.17. The van der Waals surface area contributed by atoms with Crippen LogP contribution in [0.3, 0.4) is 0 Å². The number of nitriles is 1. The first-order valence-corrected chi connectivity index (χ1v) is 5.72. The molecule has 1 heterocycles. The molecule has 1 aromatic heterocycles. The average Bonchev–Trinajstić information content (AvgIpc) is 2.30. The van der Waals surface area contributed by atoms with Crippen molar-refractivity contribution >= 4 is 11.5 Å². The first kappa shape index (κ1) is 13.9. The minimum absolute atomic E-state index is 0.0580. The largest absolute Gasteiger partial charge is 0.353 e. The van der Waals surface area contributed by atoms with Gasteiger partial charge in [0.25, 0.3) is 5.69 Å². The van der Waals surface area contributed by atoms with Crippen LogP contribution in [0, 0.1) is 28.4 Å². The molecule has 96 valence electrons. The molecule has 18 heavy (non-hydrogen) atoms. The Morgan fingerprint density at radius 2 is 2.28 bits per heavy atom. The zero-order valence-electron chi connectivity index (χ0n) is 10.8. The summed E-state index contributed by atoms with van der Waals surface area (Å²) in [6.45, 7) is 6.10. The van der Waals surface area contributed by atoms with Crippen molar-refractivity contribution in [1.29, 1.82) is 5.26 Å². The number of aromatic nitrogens is 1. The molecule has 0 radical (unpaired) electrons. The Hall–Kier alpha value is -2.16. The Kier molecular flexibility index (Phi) is 4.60. The summed E-state index contributed by atoms with van der Waals surface area (Å²) < 4.78 is 0. The van der Waals surface area contributed by atoms with Gasteiger partial charge < -0.3 is 4.90 Å². The summed E-state index contributed by atoms with van der Waals surface area (Å²) in [5.74, 6) is 0.539. The third kappa shape index (κ3) is 3.17. The van der Waals surface area contributed by atoms with E-state index in [1.54, 1.807) is 6.92 Å². The summed E-state index contributed by atoms with van der Waals surface area (Å²) in [4.78, 5) is 16.6. The third-order valence-electron chi connectivity index (χ3n) is 2.64. The van der Waals surface area contributed by atoms with Crippen LogP contribution in [0.5, 0.6) is 0 Å². The smallest absolute Gasteiger partial charge is 0.277 e. The highest BCUT2D eigenvalue weighted by atomic mass is 16.6. The second-order valence-electron chi connectivity index (χ2n) is 4.28. The van der Waals surface area contributed by atoms with E-state index in [0.29, 0.717) is 24.3 Å². The SMILES string of the molecule is Cc1cnc(N(CCC#N)C(C)C)cc1[N+](=O)[O-]. The predicted octanol–water partition coefficient (Wildman–Crippen LogP) is 2.43. The maximum Gasteiger partial charge on any atom is 0.277 e. The molecular formula is C12H16N4O2. The Balaban J connectivity index is 3.09. The predicted molar refractivity (Wildman–Crippen MR) is 68.3 cm³/mol. The number of nitrogens with zero attached hydrogens (tertiary/aromatic N) is 4. The molecule has 0 bridgehead atoms. The molecule has 1 rings (SSSR count). The molecule has 0 amide bonds. The van der Waals surface area contributed by atoms with Crippen LogP contribution in [-0.2, 0) is 0 Å². The van der Waals surface area contributed by atoms with E-state index in [2.05, 4.69) is 11.1 Å².